The summed E-state index contributed by atoms with van der Waals surface area (Å²) in [5.74, 6) is 2.02. The summed E-state index contributed by atoms with van der Waals surface area (Å²) in [5, 5.41) is 13.3. The van der Waals surface area contributed by atoms with E-state index in [1.807, 2.05) is 6.92 Å². The van der Waals surface area contributed by atoms with Crippen LogP contribution in [0.5, 0.6) is 0 Å². The van der Waals surface area contributed by atoms with E-state index >= 15 is 0 Å². The van der Waals surface area contributed by atoms with Gasteiger partial charge in [0, 0.05) is 18.0 Å². The molecule has 94 valence electrons. The number of hydrogen-bond acceptors (Lipinski definition) is 4. The zero-order valence-electron chi connectivity index (χ0n) is 10.4. The van der Waals surface area contributed by atoms with E-state index < -0.39 is 5.60 Å². The Labute approximate surface area is 106 Å². The molecular weight excluding hydrogens is 238 g/mol. The van der Waals surface area contributed by atoms with Gasteiger partial charge in [-0.25, -0.2) is 9.97 Å². The fourth-order valence-electron chi connectivity index (χ4n) is 1.50. The fourth-order valence-corrected chi connectivity index (χ4v) is 1.68. The fraction of sp³-hybridized carbons (Fsp3) is 0.667. The van der Waals surface area contributed by atoms with E-state index in [0.29, 0.717) is 17.6 Å². The van der Waals surface area contributed by atoms with Crippen LogP contribution < -0.4 is 5.32 Å². The number of aromatic nitrogens is 2. The summed E-state index contributed by atoms with van der Waals surface area (Å²) in [4.78, 5) is 8.77. The Morgan fingerprint density at radius 2 is 2.06 bits per heavy atom. The molecule has 5 heteroatoms. The maximum absolute atomic E-state index is 9.69. The Balaban J connectivity index is 2.19. The van der Waals surface area contributed by atoms with Gasteiger partial charge in [0.2, 0.25) is 0 Å². The van der Waals surface area contributed by atoms with Crippen LogP contribution in [0.25, 0.3) is 0 Å². The molecule has 2 N–H and O–H groups in total. The molecule has 0 spiro atoms. The Morgan fingerprint density at radius 3 is 2.59 bits per heavy atom. The van der Waals surface area contributed by atoms with Crippen molar-refractivity contribution in [1.29, 1.82) is 0 Å². The maximum Gasteiger partial charge on any atom is 0.137 e. The second-order valence-electron chi connectivity index (χ2n) is 5.29. The second-order valence-corrected chi connectivity index (χ2v) is 5.64. The third-order valence-electron chi connectivity index (χ3n) is 2.73. The molecule has 1 heterocycles. The zero-order chi connectivity index (χ0) is 12.6. The van der Waals surface area contributed by atoms with Crippen LogP contribution in [0.2, 0.25) is 5.15 Å². The van der Waals surface area contributed by atoms with Gasteiger partial charge in [-0.2, -0.15) is 0 Å². The Hall–Kier alpha value is -0.870. The Kier molecular flexibility index (Phi) is 3.27. The molecule has 0 bridgehead atoms. The monoisotopic (exact) mass is 255 g/mol. The number of rotatable bonds is 4. The average molecular weight is 256 g/mol. The van der Waals surface area contributed by atoms with E-state index in [9.17, 15) is 5.11 Å². The predicted octanol–water partition coefficient (Wildman–Crippen LogP) is 2.50. The lowest BCUT2D eigenvalue weighted by molar-refractivity contribution is 0.0944. The lowest BCUT2D eigenvalue weighted by atomic mass is 10.1. The van der Waals surface area contributed by atoms with Crippen LogP contribution in [0.3, 0.4) is 0 Å². The van der Waals surface area contributed by atoms with E-state index in [0.717, 1.165) is 30.0 Å². The molecule has 0 atom stereocenters. The van der Waals surface area contributed by atoms with E-state index in [1.54, 1.807) is 13.8 Å². The van der Waals surface area contributed by atoms with Crippen LogP contribution in [0.15, 0.2) is 0 Å². The minimum absolute atomic E-state index is 0.436. The summed E-state index contributed by atoms with van der Waals surface area (Å²) in [6.45, 7) is 5.82. The molecule has 17 heavy (non-hydrogen) atoms. The van der Waals surface area contributed by atoms with Gasteiger partial charge < -0.3 is 10.4 Å². The van der Waals surface area contributed by atoms with Crippen molar-refractivity contribution in [2.45, 2.75) is 45.1 Å². The lowest BCUT2D eigenvalue weighted by Crippen LogP contribution is -2.30. The van der Waals surface area contributed by atoms with Crippen LogP contribution >= 0.6 is 11.6 Å². The molecule has 0 aromatic carbocycles. The summed E-state index contributed by atoms with van der Waals surface area (Å²) < 4.78 is 0. The van der Waals surface area contributed by atoms with E-state index in [2.05, 4.69) is 15.3 Å². The molecule has 1 aromatic heterocycles. The first kappa shape index (κ1) is 12.6. The minimum Gasteiger partial charge on any atom is -0.389 e. The molecule has 4 nitrogen and oxygen atoms in total. The summed E-state index contributed by atoms with van der Waals surface area (Å²) in [6, 6.07) is 0. The maximum atomic E-state index is 9.69. The summed E-state index contributed by atoms with van der Waals surface area (Å²) >= 11 is 6.09. The number of hydrogen-bond donors (Lipinski definition) is 2. The topological polar surface area (TPSA) is 58.0 Å². The van der Waals surface area contributed by atoms with Gasteiger partial charge in [0.1, 0.15) is 16.8 Å². The molecule has 0 aliphatic heterocycles. The standard InChI is InChI=1S/C12H18ClN3O/c1-7-9(13)15-11(8-4-5-8)16-10(7)14-6-12(2,3)17/h8,17H,4-6H2,1-3H3,(H,14,15,16). The quantitative estimate of drug-likeness (QED) is 0.812. The molecule has 1 aromatic rings. The van der Waals surface area contributed by atoms with Crippen LogP contribution in [-0.4, -0.2) is 27.2 Å². The predicted molar refractivity (Wildman–Crippen MR) is 68.5 cm³/mol. The minimum atomic E-state index is -0.774. The van der Waals surface area contributed by atoms with E-state index in [4.69, 9.17) is 11.6 Å². The smallest absolute Gasteiger partial charge is 0.137 e. The van der Waals surface area contributed by atoms with Gasteiger partial charge in [-0.1, -0.05) is 11.6 Å². The first-order chi connectivity index (χ1) is 7.87. The number of halogens is 1. The average Bonchev–Trinajstić information content (AvgIpc) is 3.02. The molecule has 1 aliphatic carbocycles. The highest BCUT2D eigenvalue weighted by Crippen LogP contribution is 2.39. The highest BCUT2D eigenvalue weighted by Gasteiger charge is 2.28. The molecule has 0 amide bonds. The molecular formula is C12H18ClN3O. The van der Waals surface area contributed by atoms with Gasteiger partial charge in [-0.05, 0) is 33.6 Å². The molecule has 1 aliphatic rings. The van der Waals surface area contributed by atoms with E-state index in [1.165, 1.54) is 0 Å². The number of aliphatic hydroxyl groups is 1. The molecule has 1 fully saturated rings. The highest BCUT2D eigenvalue weighted by molar-refractivity contribution is 6.30. The van der Waals surface area contributed by atoms with Crippen molar-refractivity contribution in [3.8, 4) is 0 Å². The molecule has 2 rings (SSSR count). The van der Waals surface area contributed by atoms with Crippen molar-refractivity contribution < 1.29 is 5.11 Å². The summed E-state index contributed by atoms with van der Waals surface area (Å²) in [5.41, 5.74) is 0.0594. The lowest BCUT2D eigenvalue weighted by Gasteiger charge is -2.19. The first-order valence-electron chi connectivity index (χ1n) is 5.87. The third-order valence-corrected chi connectivity index (χ3v) is 3.10. The van der Waals surface area contributed by atoms with Gasteiger partial charge in [0.05, 0.1) is 5.60 Å². The first-order valence-corrected chi connectivity index (χ1v) is 6.25. The number of nitrogens with zero attached hydrogens (tertiary/aromatic N) is 2. The highest BCUT2D eigenvalue weighted by atomic mass is 35.5. The van der Waals surface area contributed by atoms with Crippen molar-refractivity contribution in [2.75, 3.05) is 11.9 Å². The van der Waals surface area contributed by atoms with Crippen LogP contribution in [0.1, 0.15) is 44.0 Å². The van der Waals surface area contributed by atoms with Crippen LogP contribution in [-0.2, 0) is 0 Å². The normalized spacial score (nSPS) is 16.1. The van der Waals surface area contributed by atoms with Gasteiger partial charge in [-0.3, -0.25) is 0 Å². The van der Waals surface area contributed by atoms with Crippen molar-refractivity contribution >= 4 is 17.4 Å². The second kappa shape index (κ2) is 4.42. The van der Waals surface area contributed by atoms with Crippen molar-refractivity contribution in [3.05, 3.63) is 16.5 Å². The van der Waals surface area contributed by atoms with Crippen LogP contribution in [0, 0.1) is 6.92 Å². The van der Waals surface area contributed by atoms with Gasteiger partial charge in [0.15, 0.2) is 0 Å². The number of anilines is 1. The molecule has 0 radical (unpaired) electrons. The van der Waals surface area contributed by atoms with Gasteiger partial charge in [0.25, 0.3) is 0 Å². The third kappa shape index (κ3) is 3.30. The summed E-state index contributed by atoms with van der Waals surface area (Å²) in [6.07, 6.45) is 2.29. The zero-order valence-corrected chi connectivity index (χ0v) is 11.2. The van der Waals surface area contributed by atoms with Crippen LogP contribution in [0.4, 0.5) is 5.82 Å². The van der Waals surface area contributed by atoms with Crippen molar-refractivity contribution in [1.82, 2.24) is 9.97 Å². The number of nitrogens with one attached hydrogen (secondary N) is 1. The Morgan fingerprint density at radius 1 is 1.41 bits per heavy atom. The SMILES string of the molecule is Cc1c(Cl)nc(C2CC2)nc1NCC(C)(C)O. The summed E-state index contributed by atoms with van der Waals surface area (Å²) in [7, 11) is 0. The van der Waals surface area contributed by atoms with E-state index in [-0.39, 0.29) is 0 Å². The largest absolute Gasteiger partial charge is 0.389 e. The van der Waals surface area contributed by atoms with Crippen molar-refractivity contribution in [2.24, 2.45) is 0 Å². The van der Waals surface area contributed by atoms with Crippen molar-refractivity contribution in [3.63, 3.8) is 0 Å². The molecule has 0 unspecified atom stereocenters. The van der Waals surface area contributed by atoms with Gasteiger partial charge in [-0.15, -0.1) is 0 Å². The van der Waals surface area contributed by atoms with Gasteiger partial charge >= 0.3 is 0 Å². The molecule has 0 saturated heterocycles. The Bertz CT molecular complexity index is 424. The molecule has 1 saturated carbocycles.